The van der Waals surface area contributed by atoms with Gasteiger partial charge in [0.05, 0.1) is 30.6 Å². The Balaban J connectivity index is 1.14. The molecule has 2 saturated heterocycles. The fourth-order valence-electron chi connectivity index (χ4n) is 7.09. The van der Waals surface area contributed by atoms with Gasteiger partial charge in [-0.25, -0.2) is 9.67 Å². The van der Waals surface area contributed by atoms with Gasteiger partial charge in [-0.2, -0.15) is 5.10 Å². The van der Waals surface area contributed by atoms with E-state index < -0.39 is 0 Å². The third-order valence-corrected chi connectivity index (χ3v) is 9.58. The molecule has 218 valence electrons. The minimum atomic E-state index is -0.171. The predicted molar refractivity (Wildman–Crippen MR) is 165 cm³/mol. The number of hydrogen-bond donors (Lipinski definition) is 1. The van der Waals surface area contributed by atoms with Gasteiger partial charge >= 0.3 is 5.97 Å². The van der Waals surface area contributed by atoms with Crippen LogP contribution in [0.1, 0.15) is 59.8 Å². The monoisotopic (exact) mass is 620 g/mol. The van der Waals surface area contributed by atoms with Gasteiger partial charge in [-0.05, 0) is 99.5 Å². The Morgan fingerprint density at radius 1 is 1.12 bits per heavy atom. The highest BCUT2D eigenvalue weighted by Gasteiger charge is 2.43. The quantitative estimate of drug-likeness (QED) is 0.345. The second-order valence-electron chi connectivity index (χ2n) is 12.3. The predicted octanol–water partition coefficient (Wildman–Crippen LogP) is 5.25. The van der Waals surface area contributed by atoms with E-state index in [-0.39, 0.29) is 11.9 Å². The van der Waals surface area contributed by atoms with E-state index in [2.05, 4.69) is 79.5 Å². The van der Waals surface area contributed by atoms with Crippen LogP contribution < -0.4 is 5.32 Å². The summed E-state index contributed by atoms with van der Waals surface area (Å²) in [4.78, 5) is 22.6. The highest BCUT2D eigenvalue weighted by atomic mass is 79.9. The largest absolute Gasteiger partial charge is 0.469 e. The number of aromatic nitrogens is 3. The third kappa shape index (κ3) is 6.37. The Morgan fingerprint density at radius 3 is 2.71 bits per heavy atom. The maximum atomic E-state index is 12.5. The second kappa shape index (κ2) is 11.9. The summed E-state index contributed by atoms with van der Waals surface area (Å²) in [6.45, 7) is 11.2. The van der Waals surface area contributed by atoms with Crippen molar-refractivity contribution in [2.45, 2.75) is 58.4 Å². The van der Waals surface area contributed by atoms with E-state index in [1.54, 1.807) is 0 Å². The third-order valence-electron chi connectivity index (χ3n) is 9.12. The fourth-order valence-corrected chi connectivity index (χ4v) is 7.59. The molecule has 0 bridgehead atoms. The van der Waals surface area contributed by atoms with Crippen molar-refractivity contribution in [1.82, 2.24) is 24.6 Å². The number of fused-ring (bicyclic) bond motifs is 1. The first-order valence-corrected chi connectivity index (χ1v) is 15.7. The van der Waals surface area contributed by atoms with Crippen molar-refractivity contribution in [3.8, 4) is 5.69 Å². The lowest BCUT2D eigenvalue weighted by molar-refractivity contribution is -0.141. The van der Waals surface area contributed by atoms with Crippen LogP contribution >= 0.6 is 15.9 Å². The summed E-state index contributed by atoms with van der Waals surface area (Å²) >= 11 is 3.72. The van der Waals surface area contributed by atoms with Gasteiger partial charge in [0.2, 0.25) is 0 Å². The van der Waals surface area contributed by atoms with Crippen molar-refractivity contribution in [3.63, 3.8) is 0 Å². The normalized spacial score (nSPS) is 21.7. The molecule has 2 aromatic heterocycles. The molecule has 1 unspecified atom stereocenters. The summed E-state index contributed by atoms with van der Waals surface area (Å²) in [5.74, 6) is 0.950. The van der Waals surface area contributed by atoms with E-state index in [4.69, 9.17) is 9.72 Å². The van der Waals surface area contributed by atoms with Gasteiger partial charge in [0.15, 0.2) is 0 Å². The Kier molecular flexibility index (Phi) is 8.21. The molecule has 3 aromatic rings. The zero-order valence-electron chi connectivity index (χ0n) is 24.5. The van der Waals surface area contributed by atoms with Crippen LogP contribution in [0.2, 0.25) is 0 Å². The summed E-state index contributed by atoms with van der Waals surface area (Å²) in [6, 6.07) is 13.0. The molecule has 5 heterocycles. The zero-order valence-corrected chi connectivity index (χ0v) is 26.0. The highest BCUT2D eigenvalue weighted by molar-refractivity contribution is 9.10. The van der Waals surface area contributed by atoms with Gasteiger partial charge in [0.1, 0.15) is 5.82 Å². The standard InChI is InChI=1S/C32H41BrN6O2/c1-22-13-23(2)39(36-22)29-15-25(14-27(33)17-29)26(16-30(40)41-3)18-37-11-8-32(20-37)9-12-38(21-32)19-28-7-6-24-5-4-10-34-31(24)35-28/h6-7,13-15,17,26H,4-5,8-12,16,18-21H2,1-3H3,(H,34,35)/t26-,32?/m1/s1. The molecule has 0 aliphatic carbocycles. The number of carbonyl (C=O) groups excluding carboxylic acids is 1. The molecule has 1 spiro atoms. The van der Waals surface area contributed by atoms with Crippen LogP contribution in [0, 0.1) is 19.3 Å². The number of pyridine rings is 1. The van der Waals surface area contributed by atoms with Crippen molar-refractivity contribution in [1.29, 1.82) is 0 Å². The maximum Gasteiger partial charge on any atom is 0.306 e. The van der Waals surface area contributed by atoms with Gasteiger partial charge < -0.3 is 15.0 Å². The van der Waals surface area contributed by atoms with Gasteiger partial charge in [0, 0.05) is 48.8 Å². The number of methoxy groups -OCH3 is 1. The number of ether oxygens (including phenoxy) is 1. The molecule has 2 atom stereocenters. The molecule has 2 fully saturated rings. The van der Waals surface area contributed by atoms with E-state index >= 15 is 0 Å². The Bertz CT molecular complexity index is 1420. The number of rotatable bonds is 8. The summed E-state index contributed by atoms with van der Waals surface area (Å²) in [5, 5.41) is 8.16. The lowest BCUT2D eigenvalue weighted by atomic mass is 9.86. The molecule has 6 rings (SSSR count). The summed E-state index contributed by atoms with van der Waals surface area (Å²) in [5.41, 5.74) is 7.04. The topological polar surface area (TPSA) is 75.5 Å². The average Bonchev–Trinajstić information content (AvgIpc) is 3.65. The number of hydrogen-bond acceptors (Lipinski definition) is 7. The summed E-state index contributed by atoms with van der Waals surface area (Å²) in [7, 11) is 1.48. The lowest BCUT2D eigenvalue weighted by Crippen LogP contribution is -2.33. The minimum absolute atomic E-state index is 0.0375. The van der Waals surface area contributed by atoms with Crippen LogP contribution in [0.25, 0.3) is 5.69 Å². The van der Waals surface area contributed by atoms with Crippen molar-refractivity contribution < 1.29 is 9.53 Å². The second-order valence-corrected chi connectivity index (χ2v) is 13.3. The Morgan fingerprint density at radius 2 is 1.93 bits per heavy atom. The van der Waals surface area contributed by atoms with E-state index in [0.29, 0.717) is 11.8 Å². The van der Waals surface area contributed by atoms with Crippen LogP contribution in [0.4, 0.5) is 5.82 Å². The number of halogens is 1. The molecular formula is C32H41BrN6O2. The molecule has 3 aliphatic rings. The van der Waals surface area contributed by atoms with Crippen LogP contribution in [-0.4, -0.2) is 76.9 Å². The fraction of sp³-hybridized carbons (Fsp3) is 0.531. The highest BCUT2D eigenvalue weighted by Crippen LogP contribution is 2.41. The van der Waals surface area contributed by atoms with E-state index in [1.165, 1.54) is 31.9 Å². The number of nitrogens with one attached hydrogen (secondary N) is 1. The number of carbonyl (C=O) groups is 1. The van der Waals surface area contributed by atoms with Gasteiger partial charge in [-0.15, -0.1) is 0 Å². The Hall–Kier alpha value is -2.75. The Labute approximate surface area is 251 Å². The molecular weight excluding hydrogens is 580 g/mol. The number of benzene rings is 1. The number of anilines is 1. The van der Waals surface area contributed by atoms with Crippen molar-refractivity contribution in [2.75, 3.05) is 51.7 Å². The number of nitrogens with zero attached hydrogens (tertiary/aromatic N) is 5. The first kappa shape index (κ1) is 28.4. The van der Waals surface area contributed by atoms with Gasteiger partial charge in [-0.3, -0.25) is 9.69 Å². The van der Waals surface area contributed by atoms with Crippen LogP contribution in [0.3, 0.4) is 0 Å². The van der Waals surface area contributed by atoms with Crippen LogP contribution in [0.15, 0.2) is 40.9 Å². The lowest BCUT2D eigenvalue weighted by Gasteiger charge is -2.27. The molecule has 8 nitrogen and oxygen atoms in total. The van der Waals surface area contributed by atoms with E-state index in [9.17, 15) is 4.79 Å². The number of aryl methyl sites for hydroxylation is 3. The summed E-state index contributed by atoms with van der Waals surface area (Å²) < 4.78 is 8.09. The molecule has 0 radical (unpaired) electrons. The zero-order chi connectivity index (χ0) is 28.6. The number of esters is 1. The van der Waals surface area contributed by atoms with Crippen molar-refractivity contribution in [3.05, 3.63) is 69.1 Å². The van der Waals surface area contributed by atoms with E-state index in [0.717, 1.165) is 90.9 Å². The molecule has 41 heavy (non-hydrogen) atoms. The van der Waals surface area contributed by atoms with Gasteiger partial charge in [-0.1, -0.05) is 22.0 Å². The first-order chi connectivity index (χ1) is 19.8. The van der Waals surface area contributed by atoms with Crippen molar-refractivity contribution in [2.24, 2.45) is 5.41 Å². The first-order valence-electron chi connectivity index (χ1n) is 14.9. The van der Waals surface area contributed by atoms with Gasteiger partial charge in [0.25, 0.3) is 0 Å². The molecule has 3 aliphatic heterocycles. The molecule has 9 heteroatoms. The molecule has 1 aromatic carbocycles. The van der Waals surface area contributed by atoms with Crippen molar-refractivity contribution >= 4 is 27.7 Å². The van der Waals surface area contributed by atoms with Crippen LogP contribution in [-0.2, 0) is 22.5 Å². The van der Waals surface area contributed by atoms with Crippen LogP contribution in [0.5, 0.6) is 0 Å². The number of likely N-dealkylation sites (tertiary alicyclic amines) is 2. The maximum absolute atomic E-state index is 12.5. The molecule has 1 N–H and O–H groups in total. The minimum Gasteiger partial charge on any atom is -0.469 e. The molecule has 0 saturated carbocycles. The molecule has 0 amide bonds. The average molecular weight is 622 g/mol. The van der Waals surface area contributed by atoms with E-state index in [1.807, 2.05) is 11.6 Å². The smallest absolute Gasteiger partial charge is 0.306 e. The summed E-state index contributed by atoms with van der Waals surface area (Å²) in [6.07, 6.45) is 5.08. The SMILES string of the molecule is COC(=O)C[C@H](CN1CCC2(CCN(Cc3ccc4c(n3)NCCC4)C2)C1)c1cc(Br)cc(-n2nc(C)cc2C)c1.